The summed E-state index contributed by atoms with van der Waals surface area (Å²) in [7, 11) is 0. The summed E-state index contributed by atoms with van der Waals surface area (Å²) in [5.74, 6) is 3.29. The van der Waals surface area contributed by atoms with E-state index in [1.165, 1.54) is 74.0 Å². The van der Waals surface area contributed by atoms with Crippen molar-refractivity contribution >= 4 is 76.6 Å². The van der Waals surface area contributed by atoms with Crippen LogP contribution in [-0.2, 0) is 12.8 Å². The first kappa shape index (κ1) is 38.1. The Morgan fingerprint density at radius 1 is 0.512 bits per heavy atom. The van der Waals surface area contributed by atoms with Crippen molar-refractivity contribution < 1.29 is 0 Å². The molecule has 3 aromatic heterocycles. The van der Waals surface area contributed by atoms with Crippen LogP contribution in [-0.4, -0.2) is 36.8 Å². The van der Waals surface area contributed by atoms with Crippen LogP contribution in [0.25, 0.3) is 19.5 Å². The second-order valence-electron chi connectivity index (χ2n) is 16.5. The summed E-state index contributed by atoms with van der Waals surface area (Å²) in [4.78, 5) is 21.8. The fourth-order valence-electron chi connectivity index (χ4n) is 5.81. The van der Waals surface area contributed by atoms with Gasteiger partial charge < -0.3 is 0 Å². The Morgan fingerprint density at radius 2 is 0.884 bits per heavy atom. The molecule has 0 saturated carbocycles. The summed E-state index contributed by atoms with van der Waals surface area (Å²) in [5.41, 5.74) is 3.29. The molecule has 242 valence electrons. The SMILES string of the molecule is CC(C)CCCC(C)CCc1c[c]([Sn]([CH3])([CH3])[CH3])sc1-c1ccc(-c2s[c]([Sn]([CH3])([CH3])[CH3])cc2CCC(C)CCCC(C)C)s1. The second kappa shape index (κ2) is 17.2. The molecule has 0 fully saturated rings. The van der Waals surface area contributed by atoms with Crippen LogP contribution in [0.15, 0.2) is 24.3 Å². The molecule has 3 aromatic rings. The molecule has 2 atom stereocenters. The van der Waals surface area contributed by atoms with Crippen LogP contribution in [0.3, 0.4) is 0 Å². The van der Waals surface area contributed by atoms with Crippen molar-refractivity contribution in [3.8, 4) is 19.5 Å². The average Bonchev–Trinajstić information content (AvgIpc) is 3.63. The van der Waals surface area contributed by atoms with Crippen LogP contribution < -0.4 is 5.79 Å². The van der Waals surface area contributed by atoms with Crippen molar-refractivity contribution in [1.82, 2.24) is 0 Å². The molecule has 3 heterocycles. The molecule has 0 aliphatic carbocycles. The van der Waals surface area contributed by atoms with E-state index >= 15 is 0 Å². The van der Waals surface area contributed by atoms with Crippen molar-refractivity contribution in [3.63, 3.8) is 0 Å². The fourth-order valence-corrected chi connectivity index (χ4v) is 20.1. The van der Waals surface area contributed by atoms with Gasteiger partial charge in [-0.25, -0.2) is 0 Å². The van der Waals surface area contributed by atoms with Crippen molar-refractivity contribution in [2.75, 3.05) is 0 Å². The summed E-state index contributed by atoms with van der Waals surface area (Å²) in [5, 5.41) is 0. The van der Waals surface area contributed by atoms with Gasteiger partial charge in [-0.2, -0.15) is 0 Å². The molecule has 0 aliphatic heterocycles. The third-order valence-electron chi connectivity index (χ3n) is 8.92. The van der Waals surface area contributed by atoms with E-state index in [4.69, 9.17) is 0 Å². The molecular weight excluding hydrogens is 790 g/mol. The Kier molecular flexibility index (Phi) is 15.3. The zero-order chi connectivity index (χ0) is 31.9. The van der Waals surface area contributed by atoms with E-state index in [9.17, 15) is 0 Å². The van der Waals surface area contributed by atoms with Gasteiger partial charge in [0.15, 0.2) is 0 Å². The van der Waals surface area contributed by atoms with Crippen LogP contribution in [0.5, 0.6) is 0 Å². The molecule has 0 saturated heterocycles. The van der Waals surface area contributed by atoms with Gasteiger partial charge in [-0.3, -0.25) is 0 Å². The zero-order valence-corrected chi connectivity index (χ0v) is 38.1. The minimum absolute atomic E-state index is 0.815. The molecule has 0 aromatic carbocycles. The predicted octanol–water partition coefficient (Wildman–Crippen LogP) is 13.1. The zero-order valence-electron chi connectivity index (χ0n) is 29.9. The van der Waals surface area contributed by atoms with E-state index in [0.717, 1.165) is 23.7 Å². The van der Waals surface area contributed by atoms with E-state index in [2.05, 4.69) is 129 Å². The van der Waals surface area contributed by atoms with Gasteiger partial charge in [0.1, 0.15) is 0 Å². The quantitative estimate of drug-likeness (QED) is 0.112. The van der Waals surface area contributed by atoms with Crippen LogP contribution in [0.1, 0.15) is 104 Å². The average molecular weight is 855 g/mol. The number of rotatable bonds is 18. The molecule has 0 N–H and O–H groups in total. The topological polar surface area (TPSA) is 0 Å². The summed E-state index contributed by atoms with van der Waals surface area (Å²) >= 11 is 2.10. The second-order valence-corrected chi connectivity index (χ2v) is 50.5. The predicted molar refractivity (Wildman–Crippen MR) is 209 cm³/mol. The first-order valence-electron chi connectivity index (χ1n) is 17.4. The van der Waals surface area contributed by atoms with Gasteiger partial charge in [-0.15, -0.1) is 0 Å². The Hall–Kier alpha value is 0.697. The molecular formula is C38H64S3Sn2. The van der Waals surface area contributed by atoms with Crippen molar-refractivity contribution in [1.29, 1.82) is 0 Å². The van der Waals surface area contributed by atoms with Gasteiger partial charge in [0.2, 0.25) is 0 Å². The number of hydrogen-bond donors (Lipinski definition) is 0. The first-order valence-corrected chi connectivity index (χ1v) is 39.8. The molecule has 0 nitrogen and oxygen atoms in total. The Labute approximate surface area is 287 Å². The summed E-state index contributed by atoms with van der Waals surface area (Å²) in [6.45, 7) is 14.4. The third kappa shape index (κ3) is 12.3. The van der Waals surface area contributed by atoms with Crippen LogP contribution >= 0.6 is 34.0 Å². The van der Waals surface area contributed by atoms with E-state index in [-0.39, 0.29) is 0 Å². The standard InChI is InChI=1S/C32H46S3.6CH3.2Sn/c1-23(2)9-7-11-25(5)13-15-27-19-21-33-31(27)29-17-18-30(35-29)32-28(20-22-34-32)16-14-26(6)12-8-10-24(3)4;;;;;;;;/h17-20,23-26H,7-16H2,1-6H3;6*1H3;;. The molecule has 3 rings (SSSR count). The molecule has 0 radical (unpaired) electrons. The van der Waals surface area contributed by atoms with Gasteiger partial charge in [-0.05, 0) is 0 Å². The molecule has 43 heavy (non-hydrogen) atoms. The Morgan fingerprint density at radius 3 is 1.21 bits per heavy atom. The summed E-state index contributed by atoms with van der Waals surface area (Å²) in [6.07, 6.45) is 13.4. The number of thiophene rings is 3. The minimum atomic E-state index is -2.15. The van der Waals surface area contributed by atoms with E-state index in [0.29, 0.717) is 0 Å². The van der Waals surface area contributed by atoms with Gasteiger partial charge in [0.05, 0.1) is 0 Å². The molecule has 0 bridgehead atoms. The Bertz CT molecular complexity index is 1150. The maximum atomic E-state index is 2.65. The number of hydrogen-bond acceptors (Lipinski definition) is 3. The molecule has 5 heteroatoms. The van der Waals surface area contributed by atoms with Gasteiger partial charge in [-0.1, -0.05) is 0 Å². The molecule has 0 amide bonds. The number of aryl methyl sites for hydroxylation is 2. The summed E-state index contributed by atoms with van der Waals surface area (Å²) < 4.78 is 3.49. The molecule has 2 unspecified atom stereocenters. The molecule has 0 aliphatic rings. The monoisotopic (exact) mass is 856 g/mol. The van der Waals surface area contributed by atoms with Crippen LogP contribution in [0, 0.1) is 23.7 Å². The van der Waals surface area contributed by atoms with Crippen molar-refractivity contribution in [3.05, 3.63) is 35.4 Å². The van der Waals surface area contributed by atoms with Crippen LogP contribution in [0.2, 0.25) is 29.6 Å². The molecule has 0 spiro atoms. The van der Waals surface area contributed by atoms with Crippen LogP contribution in [0.4, 0.5) is 0 Å². The van der Waals surface area contributed by atoms with Crippen molar-refractivity contribution in [2.24, 2.45) is 23.7 Å². The van der Waals surface area contributed by atoms with Crippen molar-refractivity contribution in [2.45, 2.75) is 135 Å². The van der Waals surface area contributed by atoms with E-state index in [1.54, 1.807) is 26.7 Å². The van der Waals surface area contributed by atoms with Gasteiger partial charge in [0, 0.05) is 0 Å². The Balaban J connectivity index is 1.84. The first-order chi connectivity index (χ1) is 20.0. The van der Waals surface area contributed by atoms with E-state index < -0.39 is 36.8 Å². The van der Waals surface area contributed by atoms with Gasteiger partial charge in [0.25, 0.3) is 0 Å². The normalized spacial score (nSPS) is 14.3. The van der Waals surface area contributed by atoms with Gasteiger partial charge >= 0.3 is 291 Å². The fraction of sp³-hybridized carbons (Fsp3) is 0.684. The maximum absolute atomic E-state index is 2.65. The van der Waals surface area contributed by atoms with E-state index in [1.807, 2.05) is 0 Å². The summed E-state index contributed by atoms with van der Waals surface area (Å²) in [6, 6.07) is 10.3. The third-order valence-corrected chi connectivity index (χ3v) is 31.6.